The van der Waals surface area contributed by atoms with Crippen molar-refractivity contribution in [2.45, 2.75) is 13.8 Å². The van der Waals surface area contributed by atoms with E-state index < -0.39 is 0 Å². The second kappa shape index (κ2) is 7.53. The number of H-pyrrole nitrogens is 1. The van der Waals surface area contributed by atoms with Crippen LogP contribution in [-0.2, 0) is 4.74 Å². The van der Waals surface area contributed by atoms with E-state index in [0.717, 1.165) is 21.5 Å². The standard InChI is InChI=1S/C23H18N2O3S/c1-13-4-6-15(7-5-13)22-14(2)29-23(28-22)18(11-24)21(26)19-12-25-20-9-8-16(27-3)10-17(19)20/h4-10,12,25H,1-3H3/b23-18-. The number of hydrogen-bond donors (Lipinski definition) is 1. The number of Topliss-reactive ketones (excluding diaryl/α,β-unsaturated/α-hetero) is 1. The number of allylic oxidation sites excluding steroid dienone is 2. The molecule has 6 heteroatoms. The fraction of sp³-hybridized carbons (Fsp3) is 0.130. The summed E-state index contributed by atoms with van der Waals surface area (Å²) in [5.41, 5.74) is 3.26. The Morgan fingerprint density at radius 2 is 1.93 bits per heavy atom. The van der Waals surface area contributed by atoms with Gasteiger partial charge in [-0.3, -0.25) is 4.79 Å². The van der Waals surface area contributed by atoms with Gasteiger partial charge in [0.15, 0.2) is 5.09 Å². The van der Waals surface area contributed by atoms with Gasteiger partial charge in [-0.2, -0.15) is 5.26 Å². The van der Waals surface area contributed by atoms with Crippen molar-refractivity contribution in [1.29, 1.82) is 5.26 Å². The van der Waals surface area contributed by atoms with E-state index in [4.69, 9.17) is 9.47 Å². The third-order valence-electron chi connectivity index (χ3n) is 4.75. The van der Waals surface area contributed by atoms with Crippen molar-refractivity contribution in [3.63, 3.8) is 0 Å². The molecule has 0 saturated heterocycles. The molecule has 1 aliphatic rings. The highest BCUT2D eigenvalue weighted by Crippen LogP contribution is 2.44. The normalized spacial score (nSPS) is 15.2. The highest BCUT2D eigenvalue weighted by Gasteiger charge is 2.28. The minimum atomic E-state index is -0.382. The zero-order valence-electron chi connectivity index (χ0n) is 16.2. The Morgan fingerprint density at radius 1 is 1.17 bits per heavy atom. The number of thioether (sulfide) groups is 1. The van der Waals surface area contributed by atoms with Gasteiger partial charge < -0.3 is 14.5 Å². The zero-order chi connectivity index (χ0) is 20.5. The van der Waals surface area contributed by atoms with Crippen LogP contribution in [0.5, 0.6) is 5.75 Å². The average molecular weight is 402 g/mol. The molecule has 0 fully saturated rings. The van der Waals surface area contributed by atoms with Crippen LogP contribution in [0, 0.1) is 18.3 Å². The van der Waals surface area contributed by atoms with Crippen molar-refractivity contribution in [2.24, 2.45) is 0 Å². The molecule has 1 aromatic heterocycles. The number of nitrogens with one attached hydrogen (secondary N) is 1. The van der Waals surface area contributed by atoms with Crippen molar-refractivity contribution in [3.8, 4) is 11.8 Å². The van der Waals surface area contributed by atoms with Crippen molar-refractivity contribution >= 4 is 34.2 Å². The number of aryl methyl sites for hydroxylation is 1. The first-order valence-corrected chi connectivity index (χ1v) is 9.81. The van der Waals surface area contributed by atoms with Crippen LogP contribution in [0.4, 0.5) is 0 Å². The number of rotatable bonds is 4. The maximum absolute atomic E-state index is 13.2. The van der Waals surface area contributed by atoms with E-state index in [2.05, 4.69) is 4.98 Å². The second-order valence-corrected chi connectivity index (χ2v) is 7.86. The summed E-state index contributed by atoms with van der Waals surface area (Å²) in [5, 5.41) is 10.7. The molecule has 0 unspecified atom stereocenters. The number of ether oxygens (including phenoxy) is 2. The topological polar surface area (TPSA) is 75.1 Å². The molecular formula is C23H18N2O3S. The van der Waals surface area contributed by atoms with Crippen molar-refractivity contribution in [3.05, 3.63) is 80.9 Å². The van der Waals surface area contributed by atoms with Gasteiger partial charge in [0.25, 0.3) is 0 Å². The van der Waals surface area contributed by atoms with Gasteiger partial charge >= 0.3 is 0 Å². The lowest BCUT2D eigenvalue weighted by Gasteiger charge is -2.07. The van der Waals surface area contributed by atoms with Gasteiger partial charge in [0.05, 0.1) is 7.11 Å². The predicted octanol–water partition coefficient (Wildman–Crippen LogP) is 5.55. The SMILES string of the molecule is COc1ccc2[nH]cc(C(=O)/C(C#N)=C3/OC(c4ccc(C)cc4)=C(C)S3)c2c1. The van der Waals surface area contributed by atoms with Crippen LogP contribution in [-0.4, -0.2) is 17.9 Å². The van der Waals surface area contributed by atoms with E-state index in [1.807, 2.05) is 56.3 Å². The van der Waals surface area contributed by atoms with Crippen LogP contribution >= 0.6 is 11.8 Å². The maximum atomic E-state index is 13.2. The van der Waals surface area contributed by atoms with Crippen molar-refractivity contribution < 1.29 is 14.3 Å². The molecule has 0 radical (unpaired) electrons. The number of methoxy groups -OCH3 is 1. The predicted molar refractivity (Wildman–Crippen MR) is 114 cm³/mol. The van der Waals surface area contributed by atoms with E-state index in [1.54, 1.807) is 19.4 Å². The van der Waals surface area contributed by atoms with Gasteiger partial charge in [-0.15, -0.1) is 0 Å². The Labute approximate surface area is 172 Å². The van der Waals surface area contributed by atoms with Gasteiger partial charge in [0.2, 0.25) is 5.78 Å². The molecule has 29 heavy (non-hydrogen) atoms. The molecule has 0 bridgehead atoms. The molecule has 2 aromatic carbocycles. The first-order valence-electron chi connectivity index (χ1n) is 8.99. The number of nitriles is 1. The summed E-state index contributed by atoms with van der Waals surface area (Å²) in [6, 6.07) is 15.4. The quantitative estimate of drug-likeness (QED) is 0.351. The molecule has 1 N–H and O–H groups in total. The molecule has 5 nitrogen and oxygen atoms in total. The first kappa shape index (κ1) is 18.9. The molecule has 144 valence electrons. The molecule has 3 aromatic rings. The molecule has 0 spiro atoms. The Morgan fingerprint density at radius 3 is 2.62 bits per heavy atom. The fourth-order valence-electron chi connectivity index (χ4n) is 3.18. The maximum Gasteiger partial charge on any atom is 0.210 e. The number of ketones is 1. The third kappa shape index (κ3) is 3.41. The highest BCUT2D eigenvalue weighted by atomic mass is 32.2. The highest BCUT2D eigenvalue weighted by molar-refractivity contribution is 8.07. The summed E-state index contributed by atoms with van der Waals surface area (Å²) >= 11 is 1.30. The van der Waals surface area contributed by atoms with Crippen LogP contribution in [0.1, 0.15) is 28.4 Å². The lowest BCUT2D eigenvalue weighted by atomic mass is 10.0. The Bertz CT molecular complexity index is 1230. The zero-order valence-corrected chi connectivity index (χ0v) is 17.0. The van der Waals surface area contributed by atoms with Gasteiger partial charge in [-0.25, -0.2) is 0 Å². The first-order chi connectivity index (χ1) is 14.0. The average Bonchev–Trinajstić information content (AvgIpc) is 3.32. The van der Waals surface area contributed by atoms with E-state index in [1.165, 1.54) is 11.8 Å². The lowest BCUT2D eigenvalue weighted by Crippen LogP contribution is -2.04. The van der Waals surface area contributed by atoms with Crippen LogP contribution in [0.3, 0.4) is 0 Å². The van der Waals surface area contributed by atoms with E-state index in [-0.39, 0.29) is 11.4 Å². The number of nitrogens with zero attached hydrogens (tertiary/aromatic N) is 1. The van der Waals surface area contributed by atoms with E-state index in [0.29, 0.717) is 27.5 Å². The number of fused-ring (bicyclic) bond motifs is 1. The number of carbonyl (C=O) groups is 1. The Kier molecular flexibility index (Phi) is 4.91. The molecule has 1 aliphatic heterocycles. The van der Waals surface area contributed by atoms with Crippen LogP contribution in [0.15, 0.2) is 64.2 Å². The molecule has 0 amide bonds. The molecule has 0 atom stereocenters. The summed E-state index contributed by atoms with van der Waals surface area (Å²) in [5.74, 6) is 0.932. The summed E-state index contributed by atoms with van der Waals surface area (Å²) in [7, 11) is 1.57. The summed E-state index contributed by atoms with van der Waals surface area (Å²) in [6.07, 6.45) is 1.62. The minimum Gasteiger partial charge on any atom is -0.497 e. The summed E-state index contributed by atoms with van der Waals surface area (Å²) in [4.78, 5) is 17.2. The fourth-order valence-corrected chi connectivity index (χ4v) is 4.07. The van der Waals surface area contributed by atoms with Crippen molar-refractivity contribution in [1.82, 2.24) is 4.98 Å². The lowest BCUT2D eigenvalue weighted by molar-refractivity contribution is 0.103. The van der Waals surface area contributed by atoms with Gasteiger partial charge in [-0.05, 0) is 32.0 Å². The number of benzene rings is 2. The van der Waals surface area contributed by atoms with Gasteiger partial charge in [0, 0.05) is 33.1 Å². The number of aromatic amines is 1. The van der Waals surface area contributed by atoms with Gasteiger partial charge in [0.1, 0.15) is 23.2 Å². The molecule has 0 aliphatic carbocycles. The summed E-state index contributed by atoms with van der Waals surface area (Å²) < 4.78 is 11.2. The smallest absolute Gasteiger partial charge is 0.210 e. The second-order valence-electron chi connectivity index (χ2n) is 6.67. The van der Waals surface area contributed by atoms with Crippen LogP contribution < -0.4 is 4.74 Å². The number of aromatic nitrogens is 1. The van der Waals surface area contributed by atoms with Gasteiger partial charge in [-0.1, -0.05) is 41.6 Å². The number of hydrogen-bond acceptors (Lipinski definition) is 5. The van der Waals surface area contributed by atoms with E-state index >= 15 is 0 Å². The largest absolute Gasteiger partial charge is 0.497 e. The molecule has 0 saturated carbocycles. The van der Waals surface area contributed by atoms with Crippen molar-refractivity contribution in [2.75, 3.05) is 7.11 Å². The summed E-state index contributed by atoms with van der Waals surface area (Å²) in [6.45, 7) is 3.94. The molecule has 4 rings (SSSR count). The van der Waals surface area contributed by atoms with E-state index in [9.17, 15) is 10.1 Å². The Hall–Kier alpha value is -3.43. The van der Waals surface area contributed by atoms with Crippen LogP contribution in [0.2, 0.25) is 0 Å². The molecule has 2 heterocycles. The molecular weight excluding hydrogens is 384 g/mol. The Balaban J connectivity index is 1.71. The number of carbonyl (C=O) groups excluding carboxylic acids is 1. The monoisotopic (exact) mass is 402 g/mol. The third-order valence-corrected chi connectivity index (χ3v) is 5.72. The minimum absolute atomic E-state index is 0.0137. The van der Waals surface area contributed by atoms with Crippen LogP contribution in [0.25, 0.3) is 16.7 Å².